The highest BCUT2D eigenvalue weighted by Gasteiger charge is 2.58. The topological polar surface area (TPSA) is 88.8 Å². The highest BCUT2D eigenvalue weighted by atomic mass is 19.4. The fraction of sp³-hybridized carbons (Fsp3) is 0.567. The summed E-state index contributed by atoms with van der Waals surface area (Å²) in [4.78, 5) is 32.6. The van der Waals surface area contributed by atoms with Crippen LogP contribution < -0.4 is 10.5 Å². The van der Waals surface area contributed by atoms with E-state index >= 15 is 4.39 Å². The number of carbonyl (C=O) groups is 2. The van der Waals surface area contributed by atoms with Gasteiger partial charge in [-0.3, -0.25) is 14.6 Å². The van der Waals surface area contributed by atoms with E-state index in [1.165, 1.54) is 23.2 Å². The van der Waals surface area contributed by atoms with E-state index in [1.807, 2.05) is 4.90 Å². The minimum Gasteiger partial charge on any atom is -0.492 e. The lowest BCUT2D eigenvalue weighted by Gasteiger charge is -2.47. The second-order valence-electron chi connectivity index (χ2n) is 11.9. The van der Waals surface area contributed by atoms with Gasteiger partial charge in [0.15, 0.2) is 0 Å². The van der Waals surface area contributed by atoms with Crippen molar-refractivity contribution in [3.63, 3.8) is 0 Å². The largest absolute Gasteiger partial charge is 0.492 e. The van der Waals surface area contributed by atoms with Crippen molar-refractivity contribution in [1.82, 2.24) is 14.8 Å². The summed E-state index contributed by atoms with van der Waals surface area (Å²) in [5.74, 6) is -0.879. The van der Waals surface area contributed by atoms with Crippen LogP contribution in [0.3, 0.4) is 0 Å². The van der Waals surface area contributed by atoms with Crippen molar-refractivity contribution in [1.29, 1.82) is 0 Å². The Morgan fingerprint density at radius 3 is 2.37 bits per heavy atom. The van der Waals surface area contributed by atoms with Crippen molar-refractivity contribution in [3.8, 4) is 17.0 Å². The van der Waals surface area contributed by atoms with E-state index in [9.17, 15) is 22.8 Å². The molecular weight excluding hydrogens is 540 g/mol. The second kappa shape index (κ2) is 11.2. The van der Waals surface area contributed by atoms with Gasteiger partial charge in [0.25, 0.3) is 5.91 Å². The molecule has 2 N–H and O–H groups in total. The van der Waals surface area contributed by atoms with Crippen molar-refractivity contribution >= 4 is 11.8 Å². The molecule has 2 amide bonds. The summed E-state index contributed by atoms with van der Waals surface area (Å²) in [5, 5.41) is 0. The number of pyridine rings is 1. The van der Waals surface area contributed by atoms with Gasteiger partial charge in [0.1, 0.15) is 17.1 Å². The number of carbonyl (C=O) groups excluding carboxylic acids is 2. The quantitative estimate of drug-likeness (QED) is 0.437. The molecule has 1 aromatic carbocycles. The smallest absolute Gasteiger partial charge is 0.395 e. The van der Waals surface area contributed by atoms with Gasteiger partial charge in [-0.15, -0.1) is 0 Å². The summed E-state index contributed by atoms with van der Waals surface area (Å²) in [5.41, 5.74) is 3.64. The second-order valence-corrected chi connectivity index (χ2v) is 11.9. The van der Waals surface area contributed by atoms with Gasteiger partial charge in [-0.25, -0.2) is 4.39 Å². The third kappa shape index (κ3) is 5.78. The van der Waals surface area contributed by atoms with E-state index in [4.69, 9.17) is 10.5 Å². The minimum atomic E-state index is -4.14. The number of halogens is 4. The lowest BCUT2D eigenvalue weighted by atomic mass is 9.67. The van der Waals surface area contributed by atoms with E-state index in [0.29, 0.717) is 56.9 Å². The molecule has 3 aliphatic rings. The van der Waals surface area contributed by atoms with E-state index in [1.54, 1.807) is 19.1 Å². The number of nitrogens with zero attached hydrogens (tertiary/aromatic N) is 3. The van der Waals surface area contributed by atoms with Crippen LogP contribution in [0.15, 0.2) is 36.5 Å². The van der Waals surface area contributed by atoms with Gasteiger partial charge in [0, 0.05) is 24.2 Å². The molecule has 7 nitrogen and oxygen atoms in total. The Balaban J connectivity index is 1.14. The first-order valence-electron chi connectivity index (χ1n) is 14.2. The van der Waals surface area contributed by atoms with Gasteiger partial charge in [0.05, 0.1) is 23.9 Å². The summed E-state index contributed by atoms with van der Waals surface area (Å²) in [6, 6.07) is 7.49. The molecule has 2 aromatic rings. The summed E-state index contributed by atoms with van der Waals surface area (Å²) in [6.07, 6.45) is 1.11. The number of benzene rings is 1. The number of rotatable bonds is 8. The maximum atomic E-state index is 15.1. The normalized spacial score (nSPS) is 23.3. The molecule has 1 unspecified atom stereocenters. The van der Waals surface area contributed by atoms with Crippen LogP contribution in [0, 0.1) is 17.2 Å². The Morgan fingerprint density at radius 1 is 1.07 bits per heavy atom. The Kier molecular flexibility index (Phi) is 8.02. The van der Waals surface area contributed by atoms with Crippen LogP contribution >= 0.6 is 0 Å². The van der Waals surface area contributed by atoms with Crippen LogP contribution in [-0.2, 0) is 4.79 Å². The SMILES string of the molecule is CC1(C(N)=O)CCCN1C(=O)c1ccc(-c2ccc(OCC3CCN(CC4(C(F)(F)F)CCC4)CC3)cn2)c(F)c1. The highest BCUT2D eigenvalue weighted by Crippen LogP contribution is 2.53. The summed E-state index contributed by atoms with van der Waals surface area (Å²) < 4.78 is 61.5. The van der Waals surface area contributed by atoms with Crippen LogP contribution in [-0.4, -0.2) is 71.1 Å². The molecule has 41 heavy (non-hydrogen) atoms. The molecule has 222 valence electrons. The van der Waals surface area contributed by atoms with Crippen LogP contribution in [0.5, 0.6) is 5.75 Å². The molecule has 1 aromatic heterocycles. The predicted octanol–water partition coefficient (Wildman–Crippen LogP) is 5.19. The Bertz CT molecular complexity index is 1270. The molecular formula is C30H36F4N4O3. The van der Waals surface area contributed by atoms with E-state index in [2.05, 4.69) is 4.98 Å². The summed E-state index contributed by atoms with van der Waals surface area (Å²) >= 11 is 0. The van der Waals surface area contributed by atoms with Gasteiger partial charge in [-0.05, 0) is 94.8 Å². The molecule has 0 radical (unpaired) electrons. The maximum absolute atomic E-state index is 15.1. The number of amides is 2. The average Bonchev–Trinajstić information content (AvgIpc) is 3.32. The van der Waals surface area contributed by atoms with Gasteiger partial charge in [-0.1, -0.05) is 6.42 Å². The van der Waals surface area contributed by atoms with Crippen molar-refractivity contribution in [3.05, 3.63) is 47.9 Å². The van der Waals surface area contributed by atoms with Gasteiger partial charge < -0.3 is 20.3 Å². The maximum Gasteiger partial charge on any atom is 0.395 e. The molecule has 1 saturated carbocycles. The summed E-state index contributed by atoms with van der Waals surface area (Å²) in [6.45, 7) is 3.78. The van der Waals surface area contributed by atoms with E-state index < -0.39 is 34.8 Å². The number of likely N-dealkylation sites (tertiary alicyclic amines) is 2. The molecule has 3 fully saturated rings. The molecule has 11 heteroatoms. The molecule has 1 atom stereocenters. The van der Waals surface area contributed by atoms with Crippen LogP contribution in [0.2, 0.25) is 0 Å². The van der Waals surface area contributed by atoms with Gasteiger partial charge in [-0.2, -0.15) is 13.2 Å². The van der Waals surface area contributed by atoms with Gasteiger partial charge >= 0.3 is 6.18 Å². The van der Waals surface area contributed by atoms with E-state index in [0.717, 1.165) is 18.9 Å². The lowest BCUT2D eigenvalue weighted by Crippen LogP contribution is -2.53. The van der Waals surface area contributed by atoms with Crippen LogP contribution in [0.1, 0.15) is 62.2 Å². The zero-order valence-electron chi connectivity index (χ0n) is 23.2. The number of ether oxygens (including phenoxy) is 1. The van der Waals surface area contributed by atoms with Crippen LogP contribution in [0.4, 0.5) is 17.6 Å². The number of primary amides is 1. The van der Waals surface area contributed by atoms with Gasteiger partial charge in [0.2, 0.25) is 5.91 Å². The van der Waals surface area contributed by atoms with Crippen molar-refractivity contribution in [2.75, 3.05) is 32.8 Å². The molecule has 0 bridgehead atoms. The standard InChI is InChI=1S/C30H36F4N4O3/c1-28(27(35)40)10-3-13-38(28)26(39)21-4-6-23(24(31)16-21)25-7-5-22(17-36-25)41-18-20-8-14-37(15-9-20)19-29(11-2-12-29)30(32,33)34/h4-7,16-17,20H,2-3,8-15,18-19H2,1H3,(H2,35,40). The minimum absolute atomic E-state index is 0.0895. The number of nitrogens with two attached hydrogens (primary N) is 1. The lowest BCUT2D eigenvalue weighted by molar-refractivity contribution is -0.256. The first kappa shape index (κ1) is 29.3. The fourth-order valence-electron chi connectivity index (χ4n) is 6.27. The molecule has 2 saturated heterocycles. The van der Waals surface area contributed by atoms with Crippen molar-refractivity contribution in [2.24, 2.45) is 17.1 Å². The third-order valence-electron chi connectivity index (χ3n) is 9.28. The predicted molar refractivity (Wildman–Crippen MR) is 144 cm³/mol. The number of alkyl halides is 3. The fourth-order valence-corrected chi connectivity index (χ4v) is 6.27. The molecule has 3 heterocycles. The Hall–Kier alpha value is -3.21. The first-order chi connectivity index (χ1) is 19.4. The monoisotopic (exact) mass is 576 g/mol. The highest BCUT2D eigenvalue weighted by molar-refractivity contribution is 5.99. The number of piperidine rings is 1. The van der Waals surface area contributed by atoms with E-state index in [-0.39, 0.29) is 36.4 Å². The third-order valence-corrected chi connectivity index (χ3v) is 9.28. The number of aromatic nitrogens is 1. The van der Waals surface area contributed by atoms with Crippen LogP contribution in [0.25, 0.3) is 11.3 Å². The number of hydrogen-bond acceptors (Lipinski definition) is 5. The zero-order valence-corrected chi connectivity index (χ0v) is 23.2. The zero-order chi connectivity index (χ0) is 29.4. The molecule has 0 spiro atoms. The van der Waals surface area contributed by atoms with Crippen molar-refractivity contribution < 1.29 is 31.9 Å². The van der Waals surface area contributed by atoms with Crippen molar-refractivity contribution in [2.45, 2.75) is 63.6 Å². The number of hydrogen-bond donors (Lipinski definition) is 1. The summed E-state index contributed by atoms with van der Waals surface area (Å²) in [7, 11) is 0. The Morgan fingerprint density at radius 2 is 1.80 bits per heavy atom. The Labute approximate surface area is 237 Å². The molecule has 1 aliphatic carbocycles. The molecule has 2 aliphatic heterocycles. The average molecular weight is 577 g/mol. The first-order valence-corrected chi connectivity index (χ1v) is 14.2. The molecule has 5 rings (SSSR count).